The third kappa shape index (κ3) is 1.73. The zero-order valence-electron chi connectivity index (χ0n) is 8.53. The maximum Gasteiger partial charge on any atom is 0.312 e. The summed E-state index contributed by atoms with van der Waals surface area (Å²) in [6.07, 6.45) is 0.599. The largest absolute Gasteiger partial charge is 0.481 e. The van der Waals surface area contributed by atoms with Crippen LogP contribution < -0.4 is 0 Å². The first kappa shape index (κ1) is 9.77. The van der Waals surface area contributed by atoms with Gasteiger partial charge in [-0.15, -0.1) is 0 Å². The highest BCUT2D eigenvalue weighted by Crippen LogP contribution is 2.23. The van der Waals surface area contributed by atoms with Gasteiger partial charge in [0.05, 0.1) is 5.92 Å². The number of hydrogen-bond acceptors (Lipinski definition) is 1. The van der Waals surface area contributed by atoms with E-state index in [4.69, 9.17) is 5.11 Å². The van der Waals surface area contributed by atoms with Crippen molar-refractivity contribution in [1.82, 2.24) is 4.98 Å². The molecule has 2 aromatic rings. The van der Waals surface area contributed by atoms with Crippen LogP contribution in [0.1, 0.15) is 25.0 Å². The summed E-state index contributed by atoms with van der Waals surface area (Å²) in [6.45, 7) is 1.88. The Kier molecular flexibility index (Phi) is 2.46. The molecular formula is C12H13NO2. The van der Waals surface area contributed by atoms with E-state index in [0.717, 1.165) is 16.6 Å². The first-order valence-electron chi connectivity index (χ1n) is 5.03. The van der Waals surface area contributed by atoms with Crippen LogP contribution in [0.15, 0.2) is 30.3 Å². The average Bonchev–Trinajstić information content (AvgIpc) is 2.61. The lowest BCUT2D eigenvalue weighted by molar-refractivity contribution is -0.138. The van der Waals surface area contributed by atoms with Gasteiger partial charge < -0.3 is 10.1 Å². The molecule has 2 N–H and O–H groups in total. The summed E-state index contributed by atoms with van der Waals surface area (Å²) in [5, 5.41) is 10.1. The number of carboxylic acids is 1. The van der Waals surface area contributed by atoms with Gasteiger partial charge in [0.15, 0.2) is 0 Å². The van der Waals surface area contributed by atoms with Crippen molar-refractivity contribution in [3.63, 3.8) is 0 Å². The predicted molar refractivity (Wildman–Crippen MR) is 59.0 cm³/mol. The molecule has 3 nitrogen and oxygen atoms in total. The maximum atomic E-state index is 11.0. The Bertz CT molecular complexity index is 454. The van der Waals surface area contributed by atoms with Gasteiger partial charge in [0.1, 0.15) is 0 Å². The second-order valence-corrected chi connectivity index (χ2v) is 3.61. The van der Waals surface area contributed by atoms with E-state index >= 15 is 0 Å². The molecule has 0 amide bonds. The van der Waals surface area contributed by atoms with Crippen LogP contribution >= 0.6 is 0 Å². The quantitative estimate of drug-likeness (QED) is 0.805. The number of aromatic nitrogens is 1. The van der Waals surface area contributed by atoms with Gasteiger partial charge in [-0.1, -0.05) is 25.1 Å². The summed E-state index contributed by atoms with van der Waals surface area (Å²) in [5.74, 6) is -1.21. The van der Waals surface area contributed by atoms with Crippen LogP contribution in [0.25, 0.3) is 10.9 Å². The molecule has 15 heavy (non-hydrogen) atoms. The molecule has 1 atom stereocenters. The molecule has 1 heterocycles. The van der Waals surface area contributed by atoms with Crippen molar-refractivity contribution in [2.24, 2.45) is 0 Å². The van der Waals surface area contributed by atoms with Gasteiger partial charge in [-0.2, -0.15) is 0 Å². The highest BCUT2D eigenvalue weighted by Gasteiger charge is 2.19. The topological polar surface area (TPSA) is 53.1 Å². The van der Waals surface area contributed by atoms with Gasteiger partial charge in [-0.05, 0) is 23.9 Å². The Hall–Kier alpha value is -1.77. The number of carboxylic acid groups (broad SMARTS) is 1. The summed E-state index contributed by atoms with van der Waals surface area (Å²) in [4.78, 5) is 14.1. The maximum absolute atomic E-state index is 11.0. The van der Waals surface area contributed by atoms with E-state index in [2.05, 4.69) is 4.98 Å². The van der Waals surface area contributed by atoms with Gasteiger partial charge in [0.25, 0.3) is 0 Å². The fourth-order valence-electron chi connectivity index (χ4n) is 1.81. The number of aliphatic carboxylic acids is 1. The van der Waals surface area contributed by atoms with Crippen molar-refractivity contribution in [3.05, 3.63) is 36.0 Å². The second-order valence-electron chi connectivity index (χ2n) is 3.61. The van der Waals surface area contributed by atoms with Crippen LogP contribution in [0, 0.1) is 0 Å². The Balaban J connectivity index is 2.47. The molecule has 0 saturated heterocycles. The summed E-state index contributed by atoms with van der Waals surface area (Å²) >= 11 is 0. The molecule has 0 unspecified atom stereocenters. The highest BCUT2D eigenvalue weighted by atomic mass is 16.4. The number of aromatic amines is 1. The van der Waals surface area contributed by atoms with Gasteiger partial charge >= 0.3 is 5.97 Å². The van der Waals surface area contributed by atoms with Crippen LogP contribution in [0.2, 0.25) is 0 Å². The number of nitrogens with one attached hydrogen (secondary N) is 1. The number of para-hydroxylation sites is 1. The monoisotopic (exact) mass is 203 g/mol. The molecule has 0 spiro atoms. The van der Waals surface area contributed by atoms with E-state index < -0.39 is 11.9 Å². The molecule has 0 radical (unpaired) electrons. The van der Waals surface area contributed by atoms with Gasteiger partial charge in [-0.25, -0.2) is 0 Å². The summed E-state index contributed by atoms with van der Waals surface area (Å²) < 4.78 is 0. The Labute approximate surface area is 87.7 Å². The summed E-state index contributed by atoms with van der Waals surface area (Å²) in [6, 6.07) is 9.72. The minimum atomic E-state index is -0.774. The molecule has 2 rings (SSSR count). The van der Waals surface area contributed by atoms with Gasteiger partial charge in [-0.3, -0.25) is 4.79 Å². The molecule has 0 saturated carbocycles. The molecule has 3 heteroatoms. The van der Waals surface area contributed by atoms with Gasteiger partial charge in [0.2, 0.25) is 0 Å². The first-order valence-corrected chi connectivity index (χ1v) is 5.03. The first-order chi connectivity index (χ1) is 7.22. The van der Waals surface area contributed by atoms with Crippen molar-refractivity contribution in [2.75, 3.05) is 0 Å². The van der Waals surface area contributed by atoms with Crippen LogP contribution in [0.3, 0.4) is 0 Å². The van der Waals surface area contributed by atoms with Crippen molar-refractivity contribution < 1.29 is 9.90 Å². The lowest BCUT2D eigenvalue weighted by Gasteiger charge is -2.06. The van der Waals surface area contributed by atoms with Crippen molar-refractivity contribution in [1.29, 1.82) is 0 Å². The molecule has 0 aliphatic heterocycles. The second kappa shape index (κ2) is 3.77. The fourth-order valence-corrected chi connectivity index (χ4v) is 1.81. The number of hydrogen-bond donors (Lipinski definition) is 2. The Morgan fingerprint density at radius 3 is 2.80 bits per heavy atom. The minimum absolute atomic E-state index is 0.433. The molecular weight excluding hydrogens is 190 g/mol. The number of H-pyrrole nitrogens is 1. The van der Waals surface area contributed by atoms with Crippen molar-refractivity contribution in [3.8, 4) is 0 Å². The molecule has 1 aromatic heterocycles. The van der Waals surface area contributed by atoms with E-state index in [1.807, 2.05) is 37.3 Å². The van der Waals surface area contributed by atoms with Crippen LogP contribution in [0.5, 0.6) is 0 Å². The van der Waals surface area contributed by atoms with Crippen LogP contribution in [-0.2, 0) is 4.79 Å². The Morgan fingerprint density at radius 1 is 1.47 bits per heavy atom. The Morgan fingerprint density at radius 2 is 2.20 bits per heavy atom. The van der Waals surface area contributed by atoms with Crippen LogP contribution in [-0.4, -0.2) is 16.1 Å². The fraction of sp³-hybridized carbons (Fsp3) is 0.250. The normalized spacial score (nSPS) is 12.9. The smallest absolute Gasteiger partial charge is 0.312 e. The lowest BCUT2D eigenvalue weighted by atomic mass is 10.0. The standard InChI is InChI=1S/C12H13NO2/c1-2-9(12(14)15)11-7-8-5-3-4-6-10(8)13-11/h3-7,9,13H,2H2,1H3,(H,14,15)/t9-/m0/s1. The zero-order valence-corrected chi connectivity index (χ0v) is 8.53. The molecule has 0 bridgehead atoms. The minimum Gasteiger partial charge on any atom is -0.481 e. The number of carbonyl (C=O) groups is 1. The lowest BCUT2D eigenvalue weighted by Crippen LogP contribution is -2.10. The summed E-state index contributed by atoms with van der Waals surface area (Å²) in [7, 11) is 0. The number of rotatable bonds is 3. The zero-order chi connectivity index (χ0) is 10.8. The van der Waals surface area contributed by atoms with E-state index in [1.165, 1.54) is 0 Å². The third-order valence-electron chi connectivity index (χ3n) is 2.63. The SMILES string of the molecule is CC[C@H](C(=O)O)c1cc2ccccc2[nH]1. The highest BCUT2D eigenvalue weighted by molar-refractivity contribution is 5.83. The molecule has 1 aromatic carbocycles. The van der Waals surface area contributed by atoms with E-state index in [9.17, 15) is 4.79 Å². The van der Waals surface area contributed by atoms with E-state index in [1.54, 1.807) is 0 Å². The van der Waals surface area contributed by atoms with Crippen molar-refractivity contribution in [2.45, 2.75) is 19.3 Å². The molecule has 0 aliphatic carbocycles. The van der Waals surface area contributed by atoms with Crippen molar-refractivity contribution >= 4 is 16.9 Å². The van der Waals surface area contributed by atoms with E-state index in [-0.39, 0.29) is 0 Å². The van der Waals surface area contributed by atoms with Gasteiger partial charge in [0, 0.05) is 11.2 Å². The predicted octanol–water partition coefficient (Wildman–Crippen LogP) is 2.75. The number of benzene rings is 1. The average molecular weight is 203 g/mol. The molecule has 0 fully saturated rings. The molecule has 78 valence electrons. The summed E-state index contributed by atoms with van der Waals surface area (Å²) in [5.41, 5.74) is 1.78. The number of fused-ring (bicyclic) bond motifs is 1. The van der Waals surface area contributed by atoms with E-state index in [0.29, 0.717) is 6.42 Å². The van der Waals surface area contributed by atoms with Crippen LogP contribution in [0.4, 0.5) is 0 Å². The third-order valence-corrected chi connectivity index (χ3v) is 2.63. The molecule has 0 aliphatic rings.